The number of carbonyl (C=O) groups is 1. The van der Waals surface area contributed by atoms with Gasteiger partial charge in [0.1, 0.15) is 0 Å². The molecule has 1 fully saturated rings. The number of nitrogens with two attached hydrogens (primary N) is 1. The van der Waals surface area contributed by atoms with Crippen molar-refractivity contribution in [1.29, 1.82) is 0 Å². The van der Waals surface area contributed by atoms with E-state index in [0.29, 0.717) is 12.8 Å². The van der Waals surface area contributed by atoms with Gasteiger partial charge in [0.05, 0.1) is 11.2 Å². The fraction of sp³-hybridized carbons (Fsp3) is 0.900. The second kappa shape index (κ2) is 5.14. The predicted molar refractivity (Wildman–Crippen MR) is 62.1 cm³/mol. The molecule has 94 valence electrons. The Bertz CT molecular complexity index is 351. The van der Waals surface area contributed by atoms with Gasteiger partial charge in [-0.05, 0) is 26.7 Å². The van der Waals surface area contributed by atoms with Gasteiger partial charge >= 0.3 is 0 Å². The molecule has 0 aromatic heterocycles. The Kier molecular flexibility index (Phi) is 4.32. The van der Waals surface area contributed by atoms with Gasteiger partial charge in [-0.2, -0.15) is 0 Å². The number of hydrogen-bond donors (Lipinski definition) is 2. The van der Waals surface area contributed by atoms with Crippen molar-refractivity contribution in [3.05, 3.63) is 0 Å². The number of hydrogen-bond acceptors (Lipinski definition) is 3. The molecule has 0 unspecified atom stereocenters. The molecular weight excluding hydrogens is 228 g/mol. The standard InChI is InChI=1S/C10H20N2O3S/c1-7(2)12-16(14,15)9-6-4-3-5-8(9)10(11)13/h7-9,12H,3-6H2,1-2H3,(H2,11,13)/t8-,9+/m1/s1. The normalized spacial score (nSPS) is 26.9. The highest BCUT2D eigenvalue weighted by Gasteiger charge is 2.38. The third-order valence-electron chi connectivity index (χ3n) is 2.87. The quantitative estimate of drug-likeness (QED) is 0.752. The average Bonchev–Trinajstić information content (AvgIpc) is 2.15. The number of amides is 1. The molecule has 0 heterocycles. The zero-order valence-electron chi connectivity index (χ0n) is 9.77. The van der Waals surface area contributed by atoms with Crippen molar-refractivity contribution in [2.24, 2.45) is 11.7 Å². The van der Waals surface area contributed by atoms with Gasteiger partial charge in [-0.15, -0.1) is 0 Å². The van der Waals surface area contributed by atoms with E-state index in [1.54, 1.807) is 13.8 Å². The van der Waals surface area contributed by atoms with E-state index in [4.69, 9.17) is 5.73 Å². The van der Waals surface area contributed by atoms with E-state index >= 15 is 0 Å². The maximum absolute atomic E-state index is 12.0. The van der Waals surface area contributed by atoms with Gasteiger partial charge in [-0.25, -0.2) is 13.1 Å². The van der Waals surface area contributed by atoms with Crippen LogP contribution in [0.15, 0.2) is 0 Å². The molecule has 6 heteroatoms. The van der Waals surface area contributed by atoms with Gasteiger partial charge in [0.15, 0.2) is 0 Å². The Morgan fingerprint density at radius 2 is 1.88 bits per heavy atom. The zero-order valence-corrected chi connectivity index (χ0v) is 10.6. The molecule has 2 atom stereocenters. The SMILES string of the molecule is CC(C)NS(=O)(=O)[C@H]1CCCC[C@H]1C(N)=O. The molecule has 0 saturated heterocycles. The van der Waals surface area contributed by atoms with Crippen molar-refractivity contribution in [1.82, 2.24) is 4.72 Å². The van der Waals surface area contributed by atoms with Gasteiger partial charge in [-0.1, -0.05) is 12.8 Å². The topological polar surface area (TPSA) is 89.3 Å². The lowest BCUT2D eigenvalue weighted by atomic mass is 9.88. The van der Waals surface area contributed by atoms with Crippen LogP contribution in [0.2, 0.25) is 0 Å². The van der Waals surface area contributed by atoms with Gasteiger partial charge in [-0.3, -0.25) is 4.79 Å². The molecule has 16 heavy (non-hydrogen) atoms. The lowest BCUT2D eigenvalue weighted by Gasteiger charge is -2.29. The average molecular weight is 248 g/mol. The fourth-order valence-electron chi connectivity index (χ4n) is 2.21. The highest BCUT2D eigenvalue weighted by atomic mass is 32.2. The third-order valence-corrected chi connectivity index (χ3v) is 5.03. The smallest absolute Gasteiger partial charge is 0.221 e. The number of carbonyl (C=O) groups excluding carboxylic acids is 1. The van der Waals surface area contributed by atoms with E-state index in [1.807, 2.05) is 0 Å². The Morgan fingerprint density at radius 1 is 1.31 bits per heavy atom. The van der Waals surface area contributed by atoms with Crippen LogP contribution in [0, 0.1) is 5.92 Å². The molecule has 5 nitrogen and oxygen atoms in total. The molecule has 0 radical (unpaired) electrons. The molecule has 3 N–H and O–H groups in total. The van der Waals surface area contributed by atoms with Crippen molar-refractivity contribution in [3.8, 4) is 0 Å². The minimum Gasteiger partial charge on any atom is -0.369 e. The first-order valence-corrected chi connectivity index (χ1v) is 7.19. The molecule has 1 aliphatic rings. The van der Waals surface area contributed by atoms with Crippen LogP contribution in [-0.4, -0.2) is 25.6 Å². The number of sulfonamides is 1. The van der Waals surface area contributed by atoms with Crippen LogP contribution in [0.1, 0.15) is 39.5 Å². The molecule has 0 aromatic carbocycles. The van der Waals surface area contributed by atoms with Crippen LogP contribution in [0.5, 0.6) is 0 Å². The first-order valence-electron chi connectivity index (χ1n) is 5.65. The largest absolute Gasteiger partial charge is 0.369 e. The van der Waals surface area contributed by atoms with Crippen molar-refractivity contribution in [2.75, 3.05) is 0 Å². The summed E-state index contributed by atoms with van der Waals surface area (Å²) in [5, 5.41) is -0.652. The minimum atomic E-state index is -3.43. The number of primary amides is 1. The molecule has 1 rings (SSSR count). The number of nitrogens with one attached hydrogen (secondary N) is 1. The fourth-order valence-corrected chi connectivity index (χ4v) is 4.22. The van der Waals surface area contributed by atoms with Gasteiger partial charge in [0.2, 0.25) is 15.9 Å². The van der Waals surface area contributed by atoms with Crippen LogP contribution in [-0.2, 0) is 14.8 Å². The summed E-state index contributed by atoms with van der Waals surface area (Å²) in [6.07, 6.45) is 2.82. The van der Waals surface area contributed by atoms with Crippen molar-refractivity contribution < 1.29 is 13.2 Å². The Labute approximate surface area is 96.8 Å². The lowest BCUT2D eigenvalue weighted by Crippen LogP contribution is -2.47. The summed E-state index contributed by atoms with van der Waals surface area (Å²) in [4.78, 5) is 11.2. The summed E-state index contributed by atoms with van der Waals surface area (Å²) < 4.78 is 26.5. The van der Waals surface area contributed by atoms with Crippen LogP contribution < -0.4 is 10.5 Å². The third kappa shape index (κ3) is 3.18. The maximum atomic E-state index is 12.0. The van der Waals surface area contributed by atoms with Crippen LogP contribution in [0.25, 0.3) is 0 Å². The van der Waals surface area contributed by atoms with Crippen molar-refractivity contribution >= 4 is 15.9 Å². The van der Waals surface area contributed by atoms with E-state index < -0.39 is 27.1 Å². The molecule has 1 amide bonds. The second-order valence-electron chi connectivity index (χ2n) is 4.65. The first kappa shape index (κ1) is 13.4. The molecule has 0 bridgehead atoms. The summed E-state index contributed by atoms with van der Waals surface area (Å²) in [7, 11) is -3.43. The van der Waals surface area contributed by atoms with E-state index in [1.165, 1.54) is 0 Å². The van der Waals surface area contributed by atoms with Crippen LogP contribution >= 0.6 is 0 Å². The predicted octanol–water partition coefficient (Wildman–Crippen LogP) is 0.358. The molecule has 1 aliphatic carbocycles. The van der Waals surface area contributed by atoms with E-state index in [9.17, 15) is 13.2 Å². The van der Waals surface area contributed by atoms with Gasteiger partial charge < -0.3 is 5.73 Å². The summed E-state index contributed by atoms with van der Waals surface area (Å²) in [6.45, 7) is 3.53. The van der Waals surface area contributed by atoms with Crippen molar-refractivity contribution in [2.45, 2.75) is 50.8 Å². The summed E-state index contributed by atoms with van der Waals surface area (Å²) >= 11 is 0. The Morgan fingerprint density at radius 3 is 2.38 bits per heavy atom. The molecule has 0 aliphatic heterocycles. The van der Waals surface area contributed by atoms with E-state index in [2.05, 4.69) is 4.72 Å². The van der Waals surface area contributed by atoms with Crippen LogP contribution in [0.3, 0.4) is 0 Å². The van der Waals surface area contributed by atoms with Gasteiger partial charge in [0, 0.05) is 6.04 Å². The first-order chi connectivity index (χ1) is 7.34. The number of rotatable bonds is 4. The zero-order chi connectivity index (χ0) is 12.3. The molecular formula is C10H20N2O3S. The summed E-state index contributed by atoms with van der Waals surface area (Å²) in [5.74, 6) is -1.04. The lowest BCUT2D eigenvalue weighted by molar-refractivity contribution is -0.122. The van der Waals surface area contributed by atoms with E-state index in [0.717, 1.165) is 12.8 Å². The summed E-state index contributed by atoms with van der Waals surface area (Å²) in [6, 6.07) is -0.152. The highest BCUT2D eigenvalue weighted by Crippen LogP contribution is 2.29. The van der Waals surface area contributed by atoms with Crippen LogP contribution in [0.4, 0.5) is 0 Å². The Balaban J connectivity index is 2.86. The van der Waals surface area contributed by atoms with Gasteiger partial charge in [0.25, 0.3) is 0 Å². The minimum absolute atomic E-state index is 0.152. The monoisotopic (exact) mass is 248 g/mol. The molecule has 0 spiro atoms. The van der Waals surface area contributed by atoms with E-state index in [-0.39, 0.29) is 6.04 Å². The van der Waals surface area contributed by atoms with Crippen molar-refractivity contribution in [3.63, 3.8) is 0 Å². The second-order valence-corrected chi connectivity index (χ2v) is 6.58. The Hall–Kier alpha value is -0.620. The molecule has 1 saturated carbocycles. The molecule has 0 aromatic rings. The maximum Gasteiger partial charge on any atom is 0.221 e. The highest BCUT2D eigenvalue weighted by molar-refractivity contribution is 7.90. The summed E-state index contributed by atoms with van der Waals surface area (Å²) in [5.41, 5.74) is 5.25.